The Hall–Kier alpha value is -3.35. The van der Waals surface area contributed by atoms with E-state index >= 15 is 0 Å². The van der Waals surface area contributed by atoms with Gasteiger partial charge >= 0.3 is 5.97 Å². The fraction of sp³-hybridized carbons (Fsp3) is 0.111. The molecule has 0 amide bonds. The topological polar surface area (TPSA) is 78.3 Å². The van der Waals surface area contributed by atoms with Crippen LogP contribution in [-0.2, 0) is 4.74 Å². The first-order chi connectivity index (χ1) is 12.0. The summed E-state index contributed by atoms with van der Waals surface area (Å²) >= 11 is 0. The molecule has 6 nitrogen and oxygen atoms in total. The van der Waals surface area contributed by atoms with Gasteiger partial charge in [0.15, 0.2) is 0 Å². The Balaban J connectivity index is 2.27. The highest BCUT2D eigenvalue weighted by Gasteiger charge is 2.22. The molecule has 0 saturated carbocycles. The van der Waals surface area contributed by atoms with E-state index < -0.39 is 28.9 Å². The van der Waals surface area contributed by atoms with Crippen LogP contribution in [0.1, 0.15) is 27.8 Å². The molecule has 0 N–H and O–H groups in total. The highest BCUT2D eigenvalue weighted by atomic mass is 19.1. The van der Waals surface area contributed by atoms with E-state index in [-0.39, 0.29) is 17.7 Å². The number of hydrogen-bond acceptors (Lipinski definition) is 5. The Bertz CT molecular complexity index is 1030. The van der Waals surface area contributed by atoms with Gasteiger partial charge in [-0.3, -0.25) is 9.59 Å². The van der Waals surface area contributed by atoms with Gasteiger partial charge in [0.05, 0.1) is 17.6 Å². The molecule has 0 fully saturated rings. The van der Waals surface area contributed by atoms with Crippen LogP contribution in [0.15, 0.2) is 53.3 Å². The van der Waals surface area contributed by atoms with Crippen LogP contribution in [0, 0.1) is 5.82 Å². The number of carbonyl (C=O) groups excluding carboxylic acids is 2. The van der Waals surface area contributed by atoms with Crippen molar-refractivity contribution in [2.24, 2.45) is 0 Å². The minimum Gasteiger partial charge on any atom is -0.461 e. The van der Waals surface area contributed by atoms with Crippen LogP contribution in [-0.4, -0.2) is 28.0 Å². The van der Waals surface area contributed by atoms with Gasteiger partial charge in [-0.15, -0.1) is 0 Å². The summed E-state index contributed by atoms with van der Waals surface area (Å²) in [5.74, 6) is -2.09. The van der Waals surface area contributed by atoms with Gasteiger partial charge in [0.2, 0.25) is 5.69 Å². The molecule has 25 heavy (non-hydrogen) atoms. The van der Waals surface area contributed by atoms with E-state index in [0.29, 0.717) is 5.52 Å². The molecule has 0 bridgehead atoms. The maximum Gasteiger partial charge on any atom is 0.362 e. The van der Waals surface area contributed by atoms with Crippen LogP contribution in [0.3, 0.4) is 0 Å². The number of halogens is 1. The first kappa shape index (κ1) is 16.5. The second kappa shape index (κ2) is 6.64. The fourth-order valence-electron chi connectivity index (χ4n) is 2.39. The van der Waals surface area contributed by atoms with Crippen LogP contribution in [0.25, 0.3) is 11.0 Å². The van der Waals surface area contributed by atoms with E-state index in [9.17, 15) is 18.8 Å². The highest BCUT2D eigenvalue weighted by molar-refractivity contribution is 6.02. The monoisotopic (exact) mass is 340 g/mol. The smallest absolute Gasteiger partial charge is 0.362 e. The van der Waals surface area contributed by atoms with Crippen LogP contribution in [0.5, 0.6) is 0 Å². The Morgan fingerprint density at radius 1 is 1.12 bits per heavy atom. The lowest BCUT2D eigenvalue weighted by atomic mass is 10.2. The summed E-state index contributed by atoms with van der Waals surface area (Å²) in [6.45, 7) is 1.67. The molecule has 0 radical (unpaired) electrons. The molecular weight excluding hydrogens is 327 g/mol. The maximum atomic E-state index is 13.1. The number of carbonyl (C=O) groups is 2. The third-order valence-electron chi connectivity index (χ3n) is 3.52. The Morgan fingerprint density at radius 3 is 2.48 bits per heavy atom. The van der Waals surface area contributed by atoms with Crippen LogP contribution < -0.4 is 5.56 Å². The van der Waals surface area contributed by atoms with Crippen molar-refractivity contribution >= 4 is 22.9 Å². The third kappa shape index (κ3) is 3.03. The highest BCUT2D eigenvalue weighted by Crippen LogP contribution is 2.13. The van der Waals surface area contributed by atoms with Gasteiger partial charge in [0.25, 0.3) is 11.5 Å². The molecule has 3 aromatic rings. The van der Waals surface area contributed by atoms with Crippen molar-refractivity contribution in [3.8, 4) is 0 Å². The molecule has 126 valence electrons. The van der Waals surface area contributed by atoms with E-state index in [1.54, 1.807) is 31.2 Å². The molecule has 0 saturated heterocycles. The molecule has 1 aromatic heterocycles. The molecule has 1 heterocycles. The number of aromatic nitrogens is 2. The standard InChI is InChI=1S/C18H13FN2O4/c1-2-25-18(24)15-17(23)21(14-6-4-3-5-13(14)20-15)16(22)11-7-9-12(19)10-8-11/h3-10H,2H2,1H3. The van der Waals surface area contributed by atoms with Crippen molar-refractivity contribution in [2.75, 3.05) is 6.61 Å². The Kier molecular flexibility index (Phi) is 4.38. The van der Waals surface area contributed by atoms with Crippen LogP contribution in [0.4, 0.5) is 4.39 Å². The third-order valence-corrected chi connectivity index (χ3v) is 3.52. The van der Waals surface area contributed by atoms with E-state index in [2.05, 4.69) is 4.98 Å². The molecule has 0 atom stereocenters. The van der Waals surface area contributed by atoms with Gasteiger partial charge in [-0.2, -0.15) is 0 Å². The molecule has 3 rings (SSSR count). The summed E-state index contributed by atoms with van der Waals surface area (Å²) in [5.41, 5.74) is -0.715. The van der Waals surface area contributed by atoms with Crippen molar-refractivity contribution in [2.45, 2.75) is 6.92 Å². The number of ether oxygens (including phenoxy) is 1. The second-order valence-corrected chi connectivity index (χ2v) is 5.12. The zero-order valence-corrected chi connectivity index (χ0v) is 13.2. The number of hydrogen-bond donors (Lipinski definition) is 0. The number of para-hydroxylation sites is 2. The molecular formula is C18H13FN2O4. The number of rotatable bonds is 3. The number of esters is 1. The summed E-state index contributed by atoms with van der Waals surface area (Å²) in [7, 11) is 0. The zero-order valence-electron chi connectivity index (χ0n) is 13.2. The lowest BCUT2D eigenvalue weighted by molar-refractivity contribution is 0.0517. The molecule has 0 aliphatic carbocycles. The minimum absolute atomic E-state index is 0.0681. The van der Waals surface area contributed by atoms with E-state index in [4.69, 9.17) is 4.74 Å². The normalized spacial score (nSPS) is 10.6. The predicted molar refractivity (Wildman–Crippen MR) is 88.1 cm³/mol. The van der Waals surface area contributed by atoms with Crippen LogP contribution in [0.2, 0.25) is 0 Å². The van der Waals surface area contributed by atoms with Gasteiger partial charge in [0.1, 0.15) is 5.82 Å². The molecule has 2 aromatic carbocycles. The Labute approximate surface area is 141 Å². The van der Waals surface area contributed by atoms with Gasteiger partial charge in [-0.05, 0) is 43.3 Å². The average Bonchev–Trinajstić information content (AvgIpc) is 2.61. The second-order valence-electron chi connectivity index (χ2n) is 5.12. The van der Waals surface area contributed by atoms with Crippen molar-refractivity contribution in [3.63, 3.8) is 0 Å². The van der Waals surface area contributed by atoms with E-state index in [1.807, 2.05) is 0 Å². The maximum absolute atomic E-state index is 13.1. The van der Waals surface area contributed by atoms with Crippen molar-refractivity contribution in [1.29, 1.82) is 0 Å². The predicted octanol–water partition coefficient (Wildman–Crippen LogP) is 2.40. The van der Waals surface area contributed by atoms with Crippen molar-refractivity contribution in [3.05, 3.63) is 76.0 Å². The minimum atomic E-state index is -0.904. The van der Waals surface area contributed by atoms with E-state index in [1.165, 1.54) is 12.1 Å². The SMILES string of the molecule is CCOC(=O)c1nc2ccccc2n(C(=O)c2ccc(F)cc2)c1=O. The van der Waals surface area contributed by atoms with Crippen molar-refractivity contribution < 1.29 is 18.7 Å². The summed E-state index contributed by atoms with van der Waals surface area (Å²) in [5, 5.41) is 0. The van der Waals surface area contributed by atoms with Crippen LogP contribution >= 0.6 is 0 Å². The fourth-order valence-corrected chi connectivity index (χ4v) is 2.39. The first-order valence-corrected chi connectivity index (χ1v) is 7.52. The summed E-state index contributed by atoms with van der Waals surface area (Å²) in [4.78, 5) is 41.5. The largest absolute Gasteiger partial charge is 0.461 e. The average molecular weight is 340 g/mol. The summed E-state index contributed by atoms with van der Waals surface area (Å²) in [6, 6.07) is 11.2. The van der Waals surface area contributed by atoms with Crippen molar-refractivity contribution in [1.82, 2.24) is 9.55 Å². The van der Waals surface area contributed by atoms with Gasteiger partial charge in [-0.1, -0.05) is 12.1 Å². The summed E-state index contributed by atoms with van der Waals surface area (Å²) in [6.07, 6.45) is 0. The zero-order chi connectivity index (χ0) is 18.0. The Morgan fingerprint density at radius 2 is 1.80 bits per heavy atom. The lowest BCUT2D eigenvalue weighted by Crippen LogP contribution is -2.33. The molecule has 0 spiro atoms. The van der Waals surface area contributed by atoms with E-state index in [0.717, 1.165) is 16.7 Å². The molecule has 7 heteroatoms. The quantitative estimate of drug-likeness (QED) is 0.684. The van der Waals surface area contributed by atoms with Gasteiger partial charge in [0, 0.05) is 5.56 Å². The van der Waals surface area contributed by atoms with Gasteiger partial charge in [-0.25, -0.2) is 18.7 Å². The molecule has 0 aliphatic rings. The first-order valence-electron chi connectivity index (χ1n) is 7.52. The number of benzene rings is 2. The number of fused-ring (bicyclic) bond motifs is 1. The molecule has 0 unspecified atom stereocenters. The number of nitrogens with zero attached hydrogens (tertiary/aromatic N) is 2. The van der Waals surface area contributed by atoms with Gasteiger partial charge < -0.3 is 4.74 Å². The summed E-state index contributed by atoms with van der Waals surface area (Å²) < 4.78 is 18.8. The lowest BCUT2D eigenvalue weighted by Gasteiger charge is -2.10. The molecule has 0 aliphatic heterocycles.